The number of aromatic nitrogens is 2. The number of nitrogens with zero attached hydrogens (tertiary/aromatic N) is 1. The van der Waals surface area contributed by atoms with Crippen LogP contribution < -0.4 is 10.1 Å². The Morgan fingerprint density at radius 3 is 2.57 bits per heavy atom. The average molecular weight is 289 g/mol. The third-order valence-electron chi connectivity index (χ3n) is 3.05. The molecule has 7 nitrogen and oxygen atoms in total. The average Bonchev–Trinajstić information content (AvgIpc) is 2.78. The fourth-order valence-electron chi connectivity index (χ4n) is 2.01. The van der Waals surface area contributed by atoms with Crippen LogP contribution in [-0.4, -0.2) is 34.3 Å². The van der Waals surface area contributed by atoms with Crippen molar-refractivity contribution in [1.82, 2.24) is 10.2 Å². The van der Waals surface area contributed by atoms with Crippen molar-refractivity contribution in [1.29, 1.82) is 0 Å². The lowest BCUT2D eigenvalue weighted by molar-refractivity contribution is 0.0696. The first-order valence-electron chi connectivity index (χ1n) is 6.18. The van der Waals surface area contributed by atoms with Gasteiger partial charge in [-0.1, -0.05) is 0 Å². The summed E-state index contributed by atoms with van der Waals surface area (Å²) in [6.45, 7) is 3.45. The molecule has 21 heavy (non-hydrogen) atoms. The molecule has 3 N–H and O–H groups in total. The van der Waals surface area contributed by atoms with E-state index in [1.807, 2.05) is 0 Å². The summed E-state index contributed by atoms with van der Waals surface area (Å²) in [5.41, 5.74) is 1.99. The number of ether oxygens (including phenoxy) is 1. The number of carbonyl (C=O) groups excluding carboxylic acids is 1. The summed E-state index contributed by atoms with van der Waals surface area (Å²) >= 11 is 0. The van der Waals surface area contributed by atoms with Crippen LogP contribution in [0.2, 0.25) is 0 Å². The summed E-state index contributed by atoms with van der Waals surface area (Å²) in [5.74, 6) is -1.07. The third kappa shape index (κ3) is 2.86. The van der Waals surface area contributed by atoms with E-state index in [0.29, 0.717) is 28.4 Å². The van der Waals surface area contributed by atoms with E-state index in [-0.39, 0.29) is 11.5 Å². The zero-order valence-electron chi connectivity index (χ0n) is 11.9. The van der Waals surface area contributed by atoms with Crippen LogP contribution in [-0.2, 0) is 0 Å². The van der Waals surface area contributed by atoms with Gasteiger partial charge in [-0.05, 0) is 32.0 Å². The summed E-state index contributed by atoms with van der Waals surface area (Å²) in [5, 5.41) is 18.3. The zero-order chi connectivity index (χ0) is 15.6. The number of amides is 1. The smallest absolute Gasteiger partial charge is 0.335 e. The van der Waals surface area contributed by atoms with Crippen LogP contribution in [0.25, 0.3) is 0 Å². The molecular weight excluding hydrogens is 274 g/mol. The highest BCUT2D eigenvalue weighted by atomic mass is 16.5. The van der Waals surface area contributed by atoms with E-state index in [1.165, 1.54) is 25.3 Å². The van der Waals surface area contributed by atoms with Gasteiger partial charge in [0.2, 0.25) is 0 Å². The number of nitrogens with one attached hydrogen (secondary N) is 2. The molecule has 1 amide bonds. The molecule has 0 aliphatic heterocycles. The molecule has 0 saturated carbocycles. The molecule has 0 saturated heterocycles. The number of aryl methyl sites for hydroxylation is 2. The van der Waals surface area contributed by atoms with Crippen molar-refractivity contribution < 1.29 is 19.4 Å². The maximum Gasteiger partial charge on any atom is 0.335 e. The quantitative estimate of drug-likeness (QED) is 0.798. The summed E-state index contributed by atoms with van der Waals surface area (Å²) in [4.78, 5) is 23.3. The van der Waals surface area contributed by atoms with Crippen LogP contribution in [0.15, 0.2) is 18.2 Å². The first kappa shape index (κ1) is 14.6. The Balaban J connectivity index is 2.36. The Kier molecular flexibility index (Phi) is 3.93. The molecule has 2 aromatic rings. The number of carboxylic acid groups (broad SMARTS) is 1. The predicted molar refractivity (Wildman–Crippen MR) is 76.0 cm³/mol. The van der Waals surface area contributed by atoms with Crippen LogP contribution in [0.3, 0.4) is 0 Å². The second-order valence-corrected chi connectivity index (χ2v) is 4.48. The normalized spacial score (nSPS) is 10.2. The highest BCUT2D eigenvalue weighted by Crippen LogP contribution is 2.26. The molecule has 0 radical (unpaired) electrons. The molecule has 1 heterocycles. The number of aromatic carboxylic acids is 1. The van der Waals surface area contributed by atoms with Gasteiger partial charge in [0.15, 0.2) is 0 Å². The van der Waals surface area contributed by atoms with Crippen molar-refractivity contribution in [3.8, 4) is 5.75 Å². The van der Waals surface area contributed by atoms with Crippen LogP contribution in [0.1, 0.15) is 32.1 Å². The van der Waals surface area contributed by atoms with E-state index in [0.717, 1.165) is 0 Å². The van der Waals surface area contributed by atoms with Gasteiger partial charge in [-0.25, -0.2) is 4.79 Å². The fourth-order valence-corrected chi connectivity index (χ4v) is 2.01. The molecule has 0 aliphatic rings. The van der Waals surface area contributed by atoms with Crippen molar-refractivity contribution >= 4 is 17.6 Å². The minimum Gasteiger partial charge on any atom is -0.495 e. The molecule has 0 unspecified atom stereocenters. The number of H-pyrrole nitrogens is 1. The number of carboxylic acids is 1. The molecule has 110 valence electrons. The molecule has 0 atom stereocenters. The third-order valence-corrected chi connectivity index (χ3v) is 3.05. The molecule has 0 fully saturated rings. The SMILES string of the molecule is COc1ccc(C(=O)O)cc1NC(=O)c1c(C)n[nH]c1C. The van der Waals surface area contributed by atoms with E-state index < -0.39 is 5.97 Å². The number of hydrogen-bond donors (Lipinski definition) is 3. The monoisotopic (exact) mass is 289 g/mol. The van der Waals surface area contributed by atoms with E-state index in [4.69, 9.17) is 9.84 Å². The molecule has 0 bridgehead atoms. The molecule has 1 aromatic carbocycles. The number of carbonyl (C=O) groups is 2. The van der Waals surface area contributed by atoms with Gasteiger partial charge in [-0.15, -0.1) is 0 Å². The van der Waals surface area contributed by atoms with Crippen molar-refractivity contribution in [2.24, 2.45) is 0 Å². The second-order valence-electron chi connectivity index (χ2n) is 4.48. The van der Waals surface area contributed by atoms with Gasteiger partial charge < -0.3 is 15.2 Å². The van der Waals surface area contributed by atoms with Gasteiger partial charge in [0.25, 0.3) is 5.91 Å². The number of rotatable bonds is 4. The summed E-state index contributed by atoms with van der Waals surface area (Å²) in [6, 6.07) is 4.25. The number of aromatic amines is 1. The maximum absolute atomic E-state index is 12.3. The van der Waals surface area contributed by atoms with E-state index in [1.54, 1.807) is 13.8 Å². The second kappa shape index (κ2) is 5.66. The molecular formula is C14H15N3O4. The van der Waals surface area contributed by atoms with E-state index >= 15 is 0 Å². The first-order valence-corrected chi connectivity index (χ1v) is 6.18. The zero-order valence-corrected chi connectivity index (χ0v) is 11.9. The fraction of sp³-hybridized carbons (Fsp3) is 0.214. The van der Waals surface area contributed by atoms with Gasteiger partial charge in [0, 0.05) is 5.69 Å². The molecule has 0 aliphatic carbocycles. The number of anilines is 1. The predicted octanol–water partition coefficient (Wildman–Crippen LogP) is 1.99. The standard InChI is InChI=1S/C14H15N3O4/c1-7-12(8(2)17-16-7)13(18)15-10-6-9(14(19)20)4-5-11(10)21-3/h4-6H,1-3H3,(H,15,18)(H,16,17)(H,19,20). The number of hydrogen-bond acceptors (Lipinski definition) is 4. The van der Waals surface area contributed by atoms with Crippen molar-refractivity contribution in [3.63, 3.8) is 0 Å². The lowest BCUT2D eigenvalue weighted by Crippen LogP contribution is -2.15. The highest BCUT2D eigenvalue weighted by molar-refractivity contribution is 6.07. The molecule has 1 aromatic heterocycles. The van der Waals surface area contributed by atoms with Gasteiger partial charge >= 0.3 is 5.97 Å². The van der Waals surface area contributed by atoms with Gasteiger partial charge in [0.05, 0.1) is 29.6 Å². The van der Waals surface area contributed by atoms with Crippen LogP contribution in [0.5, 0.6) is 5.75 Å². The molecule has 7 heteroatoms. The van der Waals surface area contributed by atoms with Crippen LogP contribution in [0, 0.1) is 13.8 Å². The Morgan fingerprint density at radius 1 is 1.33 bits per heavy atom. The topological polar surface area (TPSA) is 104 Å². The maximum atomic E-state index is 12.3. The first-order chi connectivity index (χ1) is 9.93. The number of benzene rings is 1. The Bertz CT molecular complexity index is 687. The van der Waals surface area contributed by atoms with Crippen molar-refractivity contribution in [3.05, 3.63) is 40.7 Å². The lowest BCUT2D eigenvalue weighted by Gasteiger charge is -2.11. The lowest BCUT2D eigenvalue weighted by atomic mass is 10.1. The summed E-state index contributed by atoms with van der Waals surface area (Å²) in [6.07, 6.45) is 0. The van der Waals surface area contributed by atoms with Crippen molar-refractivity contribution in [2.75, 3.05) is 12.4 Å². The van der Waals surface area contributed by atoms with Gasteiger partial charge in [-0.3, -0.25) is 9.89 Å². The molecule has 2 rings (SSSR count). The van der Waals surface area contributed by atoms with Crippen LogP contribution in [0.4, 0.5) is 5.69 Å². The van der Waals surface area contributed by atoms with Gasteiger partial charge in [-0.2, -0.15) is 5.10 Å². The van der Waals surface area contributed by atoms with Gasteiger partial charge in [0.1, 0.15) is 5.75 Å². The Labute approximate surface area is 120 Å². The summed E-state index contributed by atoms with van der Waals surface area (Å²) in [7, 11) is 1.44. The van der Waals surface area contributed by atoms with Crippen molar-refractivity contribution in [2.45, 2.75) is 13.8 Å². The minimum atomic E-state index is -1.08. The van der Waals surface area contributed by atoms with Crippen LogP contribution >= 0.6 is 0 Å². The van der Waals surface area contributed by atoms with E-state index in [9.17, 15) is 9.59 Å². The Morgan fingerprint density at radius 2 is 2.05 bits per heavy atom. The minimum absolute atomic E-state index is 0.0618. The Hall–Kier alpha value is -2.83. The molecule has 0 spiro atoms. The highest BCUT2D eigenvalue weighted by Gasteiger charge is 2.18. The number of methoxy groups -OCH3 is 1. The van der Waals surface area contributed by atoms with E-state index in [2.05, 4.69) is 15.5 Å². The largest absolute Gasteiger partial charge is 0.495 e. The summed E-state index contributed by atoms with van der Waals surface area (Å²) < 4.78 is 5.13.